The fourth-order valence-corrected chi connectivity index (χ4v) is 11.2. The predicted octanol–water partition coefficient (Wildman–Crippen LogP) is 1.27. The lowest BCUT2D eigenvalue weighted by molar-refractivity contribution is -0.145. The predicted molar refractivity (Wildman–Crippen MR) is 343 cm³/mol. The number of nitrogens with one attached hydrogen (secondary N) is 9. The second-order valence-electron chi connectivity index (χ2n) is 24.9. The average Bonchev–Trinajstić information content (AvgIpc) is 2.16. The average molecular weight is 1290 g/mol. The van der Waals surface area contributed by atoms with E-state index in [0.29, 0.717) is 22.4 Å². The number of carbonyl (C=O) groups is 11. The van der Waals surface area contributed by atoms with Gasteiger partial charge in [0.1, 0.15) is 60.7 Å². The maximum atomic E-state index is 15.0. The van der Waals surface area contributed by atoms with E-state index in [-0.39, 0.29) is 70.4 Å². The molecule has 2 unspecified atom stereocenters. The van der Waals surface area contributed by atoms with Gasteiger partial charge >= 0.3 is 11.9 Å². The summed E-state index contributed by atoms with van der Waals surface area (Å²) in [4.78, 5) is 155. The summed E-state index contributed by atoms with van der Waals surface area (Å²) in [5, 5.41) is 47.4. The molecule has 0 aromatic heterocycles. The number of hydrogen-bond acceptors (Lipinski definition) is 15. The Labute approximate surface area is 540 Å². The van der Waals surface area contributed by atoms with E-state index in [1.807, 2.05) is 36.4 Å². The number of hydrogen-bond donors (Lipinski definition) is 11. The van der Waals surface area contributed by atoms with Crippen LogP contribution in [0.2, 0.25) is 0 Å². The van der Waals surface area contributed by atoms with Gasteiger partial charge in [-0.1, -0.05) is 101 Å². The van der Waals surface area contributed by atoms with Gasteiger partial charge in [0.15, 0.2) is 0 Å². The number of likely N-dealkylation sites (tertiary alicyclic amines) is 2. The second-order valence-corrected chi connectivity index (χ2v) is 24.9. The van der Waals surface area contributed by atoms with Crippen molar-refractivity contribution in [2.24, 2.45) is 5.41 Å². The summed E-state index contributed by atoms with van der Waals surface area (Å²) in [6.45, 7) is 11.4. The zero-order chi connectivity index (χ0) is 67.8. The Morgan fingerprint density at radius 1 is 0.634 bits per heavy atom. The largest absolute Gasteiger partial charge is 0.490 e. The molecule has 0 spiro atoms. The van der Waals surface area contributed by atoms with Gasteiger partial charge in [0.25, 0.3) is 5.91 Å². The van der Waals surface area contributed by atoms with E-state index in [1.54, 1.807) is 98.1 Å². The van der Waals surface area contributed by atoms with E-state index in [9.17, 15) is 53.4 Å². The second kappa shape index (κ2) is 32.3. The molecule has 10 rings (SSSR count). The normalized spacial score (nSPS) is 23.9. The minimum atomic E-state index is -1.52. The first-order valence-corrected chi connectivity index (χ1v) is 31.3. The van der Waals surface area contributed by atoms with Crippen LogP contribution in [0.25, 0.3) is 10.8 Å². The van der Waals surface area contributed by atoms with Crippen LogP contribution in [0.15, 0.2) is 103 Å². The third kappa shape index (κ3) is 19.2. The van der Waals surface area contributed by atoms with E-state index in [0.717, 1.165) is 10.8 Å². The number of rotatable bonds is 13. The fraction of sp³-hybridized carbons (Fsp3) is 0.478. The first-order valence-electron chi connectivity index (χ1n) is 31.3. The van der Waals surface area contributed by atoms with Crippen molar-refractivity contribution in [2.75, 3.05) is 40.4 Å². The van der Waals surface area contributed by atoms with Crippen molar-refractivity contribution < 1.29 is 72.4 Å². The number of fused-ring (bicyclic) bond motifs is 1. The molecule has 4 aromatic rings. The zero-order valence-corrected chi connectivity index (χ0v) is 53.9. The number of likely N-dealkylation sites (N-methyl/N-ethyl adjacent to an activating group) is 2. The Hall–Kier alpha value is -9.27. The summed E-state index contributed by atoms with van der Waals surface area (Å²) in [6, 6.07) is 12.7. The summed E-state index contributed by atoms with van der Waals surface area (Å²) in [5.41, 5.74) is 0.713. The third-order valence-corrected chi connectivity index (χ3v) is 17.0. The molecule has 11 N–H and O–H groups in total. The number of benzene rings is 4. The molecular weight excluding hydrogens is 1200 g/mol. The van der Waals surface area contributed by atoms with Crippen molar-refractivity contribution in [1.29, 1.82) is 0 Å². The van der Waals surface area contributed by atoms with Crippen LogP contribution in [-0.2, 0) is 71.9 Å². The topological polar surface area (TPSA) is 361 Å². The quantitative estimate of drug-likeness (QED) is 0.0840. The molecule has 2 fully saturated rings. The van der Waals surface area contributed by atoms with E-state index in [1.165, 1.54) is 41.0 Å². The summed E-state index contributed by atoms with van der Waals surface area (Å²) in [5.74, 6) is -8.33. The van der Waals surface area contributed by atoms with Crippen LogP contribution in [0.4, 0.5) is 0 Å². The number of carbonyl (C=O) groups excluding carboxylic acids is 9. The van der Waals surface area contributed by atoms with Crippen LogP contribution in [0, 0.1) is 5.41 Å². The Balaban J connectivity index is 1.20. The molecule has 26 nitrogen and oxygen atoms in total. The van der Waals surface area contributed by atoms with Crippen LogP contribution in [0.5, 0.6) is 5.75 Å². The van der Waals surface area contributed by atoms with Gasteiger partial charge in [0, 0.05) is 50.4 Å². The maximum Gasteiger partial charge on any atom is 0.326 e. The highest BCUT2D eigenvalue weighted by Gasteiger charge is 2.47. The van der Waals surface area contributed by atoms with E-state index >= 15 is 9.59 Å². The number of carboxylic acid groups (broad SMARTS) is 2. The maximum absolute atomic E-state index is 15.0. The van der Waals surface area contributed by atoms with E-state index < -0.39 is 143 Å². The minimum Gasteiger partial charge on any atom is -0.490 e. The molecule has 0 radical (unpaired) electrons. The smallest absolute Gasteiger partial charge is 0.326 e. The molecular formula is C67H87N11O15. The van der Waals surface area contributed by atoms with Crippen LogP contribution < -0.4 is 52.6 Å². The van der Waals surface area contributed by atoms with Crippen LogP contribution >= 0.6 is 0 Å². The monoisotopic (exact) mass is 1290 g/mol. The molecule has 6 heterocycles. The van der Waals surface area contributed by atoms with Gasteiger partial charge in [-0.05, 0) is 111 Å². The van der Waals surface area contributed by atoms with E-state index in [2.05, 4.69) is 47.9 Å². The molecule has 12 atom stereocenters. The van der Waals surface area contributed by atoms with Gasteiger partial charge in [-0.2, -0.15) is 0 Å². The van der Waals surface area contributed by atoms with Crippen LogP contribution in [-0.4, -0.2) is 198 Å². The minimum absolute atomic E-state index is 0.00941. The summed E-state index contributed by atoms with van der Waals surface area (Å²) >= 11 is 0. The lowest BCUT2D eigenvalue weighted by atomic mass is 9.85. The van der Waals surface area contributed by atoms with Crippen molar-refractivity contribution in [3.63, 3.8) is 0 Å². The summed E-state index contributed by atoms with van der Waals surface area (Å²) in [7, 11) is 3.18. The fourth-order valence-electron chi connectivity index (χ4n) is 11.2. The Morgan fingerprint density at radius 2 is 1.19 bits per heavy atom. The van der Waals surface area contributed by atoms with Crippen molar-refractivity contribution in [1.82, 2.24) is 57.7 Å². The SMILES string of the molecule is CC[C@H](NC(=O)[C@H](C)NC)C(=O)N1CC2CC1C(=O)N[C@@H](C)C(=O)N[C@H](C(=O)O)Cc1ccc(cc1)C(=O)N[C@H]1C[C@@H](C(=O)N[C@@H](Cc3ccc4ccccc4c3)C(=O)N[C@H](C(=O)O)Cc3ccc(cc3)OC/C=C/CO2)N(C(=O)[C@@H](NC(=O)[C@H](C)NC)C(C)(C)C)C1. The lowest BCUT2D eigenvalue weighted by Gasteiger charge is -2.36. The van der Waals surface area contributed by atoms with Gasteiger partial charge in [-0.25, -0.2) is 9.59 Å². The molecule has 6 aliphatic heterocycles. The van der Waals surface area contributed by atoms with Gasteiger partial charge in [0.05, 0.1) is 24.8 Å². The summed E-state index contributed by atoms with van der Waals surface area (Å²) in [6.07, 6.45) is 2.17. The number of carboxylic acids is 2. The number of amides is 9. The molecule has 26 heteroatoms. The van der Waals surface area contributed by atoms with Gasteiger partial charge in [-0.3, -0.25) is 43.2 Å². The highest BCUT2D eigenvalue weighted by molar-refractivity contribution is 5.99. The lowest BCUT2D eigenvalue weighted by Crippen LogP contribution is -2.61. The Bertz CT molecular complexity index is 3410. The van der Waals surface area contributed by atoms with Crippen LogP contribution in [0.1, 0.15) is 94.8 Å². The zero-order valence-electron chi connectivity index (χ0n) is 53.9. The van der Waals surface area contributed by atoms with Gasteiger partial charge < -0.3 is 77.3 Å². The first-order chi connectivity index (χ1) is 44.2. The van der Waals surface area contributed by atoms with Crippen molar-refractivity contribution in [2.45, 2.75) is 160 Å². The summed E-state index contributed by atoms with van der Waals surface area (Å²) < 4.78 is 12.0. The molecule has 500 valence electrons. The van der Waals surface area contributed by atoms with Crippen molar-refractivity contribution >= 4 is 75.9 Å². The first kappa shape index (κ1) is 71.2. The number of aliphatic carboxylic acids is 2. The van der Waals surface area contributed by atoms with Crippen molar-refractivity contribution in [3.8, 4) is 5.75 Å². The molecule has 6 aliphatic rings. The molecule has 93 heavy (non-hydrogen) atoms. The molecule has 0 saturated carbocycles. The van der Waals surface area contributed by atoms with Crippen LogP contribution in [0.3, 0.4) is 0 Å². The van der Waals surface area contributed by atoms with Gasteiger partial charge in [0.2, 0.25) is 47.3 Å². The van der Waals surface area contributed by atoms with Gasteiger partial charge in [-0.15, -0.1) is 0 Å². The molecule has 2 saturated heterocycles. The molecule has 0 aliphatic carbocycles. The highest BCUT2D eigenvalue weighted by Crippen LogP contribution is 2.28. The highest BCUT2D eigenvalue weighted by atomic mass is 16.5. The standard InChI is InChI=1S/C67H87N11O15/c1-10-49(72-56(79)37(2)68-8)63(86)78-36-48-34-54(78)61(84)70-39(4)58(81)74-51(65(88)89)30-40-17-23-44(24-18-40)59(82)71-46-33-53(77(35-46)64(87)55(67(5,6)7)76-57(80)38(3)69-9)62(85)73-50(32-42-19-22-43-15-11-12-16-45(43)29-42)60(83)75-52(66(90)91)31-41-20-25-47(26-21-41)92-27-13-14-28-93-48/h11-26,29,37-39,46,48-55,68-69H,10,27-28,30-36H2,1-9H3,(H,70,84)(H,71,82)(H,72,79)(H,73,85)(H,74,81)(H,75,83)(H,76,80)(H,88,89)(H,90,91)/b14-13+/t37-,38-,39-,46-,48?,49-,50-,51-,52-,53-,54?,55+/m0/s1. The Kier molecular flexibility index (Phi) is 24.7. The molecule has 8 bridgehead atoms. The number of ether oxygens (including phenoxy) is 2. The Morgan fingerprint density at radius 3 is 1.80 bits per heavy atom. The molecule has 4 aromatic carbocycles. The van der Waals surface area contributed by atoms with E-state index in [4.69, 9.17) is 9.47 Å². The molecule has 9 amide bonds. The van der Waals surface area contributed by atoms with Crippen molar-refractivity contribution in [3.05, 3.63) is 125 Å². The number of nitrogens with zero attached hydrogens (tertiary/aromatic N) is 2. The third-order valence-electron chi connectivity index (χ3n) is 17.0.